The zero-order valence-corrected chi connectivity index (χ0v) is 14.2. The van der Waals surface area contributed by atoms with Crippen LogP contribution < -0.4 is 5.32 Å². The topological polar surface area (TPSA) is 67.8 Å². The molecule has 1 atom stereocenters. The number of carbonyl (C=O) groups is 2. The van der Waals surface area contributed by atoms with E-state index in [0.29, 0.717) is 5.71 Å². The van der Waals surface area contributed by atoms with Crippen LogP contribution >= 0.6 is 0 Å². The molecule has 5 nitrogen and oxygen atoms in total. The van der Waals surface area contributed by atoms with E-state index in [9.17, 15) is 22.8 Å². The van der Waals surface area contributed by atoms with Crippen LogP contribution in [0.3, 0.4) is 0 Å². The van der Waals surface area contributed by atoms with Crippen LogP contribution in [0.15, 0.2) is 64.8 Å². The zero-order valence-electron chi connectivity index (χ0n) is 14.2. The lowest BCUT2D eigenvalue weighted by molar-refractivity contribution is -0.139. The second-order valence-electron chi connectivity index (χ2n) is 5.85. The summed E-state index contributed by atoms with van der Waals surface area (Å²) in [6.45, 7) is -0.222. The molecule has 2 aliphatic rings. The van der Waals surface area contributed by atoms with Crippen molar-refractivity contribution in [3.05, 3.63) is 71.0 Å². The first-order chi connectivity index (χ1) is 12.8. The molecule has 1 N–H and O–H groups in total. The molecule has 1 amide bonds. The number of rotatable bonds is 4. The van der Waals surface area contributed by atoms with Crippen molar-refractivity contribution >= 4 is 17.6 Å². The standard InChI is InChI=1S/C19H15F3N2O3/c1-27-18(26)15-16(12-7-3-5-9-14(12)24-17(15)25)23-10-11-6-2-4-8-13(11)19(20,21)22/h2-9,12,23H,10H2,1H3. The number of halogens is 3. The van der Waals surface area contributed by atoms with E-state index < -0.39 is 29.5 Å². The molecular weight excluding hydrogens is 361 g/mol. The molecule has 0 fully saturated rings. The Bertz CT molecular complexity index is 911. The van der Waals surface area contributed by atoms with Gasteiger partial charge in [0.05, 0.1) is 24.3 Å². The maximum atomic E-state index is 13.2. The number of hydrogen-bond donors (Lipinski definition) is 1. The molecule has 8 heteroatoms. The lowest BCUT2D eigenvalue weighted by Crippen LogP contribution is -2.35. The first-order valence-electron chi connectivity index (χ1n) is 8.02. The summed E-state index contributed by atoms with van der Waals surface area (Å²) in [6.07, 6.45) is 2.19. The van der Waals surface area contributed by atoms with Gasteiger partial charge in [-0.3, -0.25) is 4.79 Å². The van der Waals surface area contributed by atoms with Crippen LogP contribution in [0.1, 0.15) is 11.1 Å². The zero-order chi connectivity index (χ0) is 19.6. The number of hydrogen-bond acceptors (Lipinski definition) is 4. The summed E-state index contributed by atoms with van der Waals surface area (Å²) in [5.74, 6) is -2.23. The van der Waals surface area contributed by atoms with Crippen molar-refractivity contribution in [2.75, 3.05) is 7.11 Å². The number of allylic oxidation sites excluding steroid dienone is 4. The van der Waals surface area contributed by atoms with Crippen LogP contribution in [0.5, 0.6) is 0 Å². The van der Waals surface area contributed by atoms with Crippen molar-refractivity contribution in [2.45, 2.75) is 12.7 Å². The fourth-order valence-electron chi connectivity index (χ4n) is 2.97. The van der Waals surface area contributed by atoms with E-state index in [1.807, 2.05) is 0 Å². The van der Waals surface area contributed by atoms with Gasteiger partial charge in [-0.25, -0.2) is 9.79 Å². The Labute approximate surface area is 152 Å². The highest BCUT2D eigenvalue weighted by Crippen LogP contribution is 2.32. The third kappa shape index (κ3) is 3.69. The minimum atomic E-state index is -4.51. The number of ether oxygens (including phenoxy) is 1. The molecule has 140 valence electrons. The summed E-state index contributed by atoms with van der Waals surface area (Å²) < 4.78 is 44.2. The first-order valence-corrected chi connectivity index (χ1v) is 8.02. The Kier molecular flexibility index (Phi) is 4.98. The average molecular weight is 376 g/mol. The van der Waals surface area contributed by atoms with Gasteiger partial charge in [-0.05, 0) is 17.7 Å². The van der Waals surface area contributed by atoms with Crippen molar-refractivity contribution in [2.24, 2.45) is 10.9 Å². The molecule has 0 saturated carbocycles. The van der Waals surface area contributed by atoms with Crippen LogP contribution in [0, 0.1) is 5.92 Å². The number of methoxy groups -OCH3 is 1. The van der Waals surface area contributed by atoms with E-state index in [1.165, 1.54) is 18.2 Å². The minimum Gasteiger partial charge on any atom is -0.465 e. The monoisotopic (exact) mass is 376 g/mol. The van der Waals surface area contributed by atoms with Crippen LogP contribution in [0.2, 0.25) is 0 Å². The Balaban J connectivity index is 1.98. The second kappa shape index (κ2) is 7.22. The lowest BCUT2D eigenvalue weighted by Gasteiger charge is -2.26. The predicted octanol–water partition coefficient (Wildman–Crippen LogP) is 2.95. The molecule has 0 spiro atoms. The van der Waals surface area contributed by atoms with E-state index in [-0.39, 0.29) is 23.4 Å². The molecule has 3 rings (SSSR count). The number of aliphatic imine (C=N–C) groups is 1. The maximum absolute atomic E-state index is 13.2. The predicted molar refractivity (Wildman–Crippen MR) is 91.5 cm³/mol. The van der Waals surface area contributed by atoms with Gasteiger partial charge in [0.25, 0.3) is 5.91 Å². The molecule has 1 aliphatic carbocycles. The number of alkyl halides is 3. The summed E-state index contributed by atoms with van der Waals surface area (Å²) >= 11 is 0. The van der Waals surface area contributed by atoms with Gasteiger partial charge in [-0.15, -0.1) is 0 Å². The first kappa shape index (κ1) is 18.6. The third-order valence-electron chi connectivity index (χ3n) is 4.21. The molecule has 1 aromatic rings. The van der Waals surface area contributed by atoms with Gasteiger partial charge in [0.15, 0.2) is 0 Å². The quantitative estimate of drug-likeness (QED) is 0.648. The van der Waals surface area contributed by atoms with Gasteiger partial charge < -0.3 is 10.1 Å². The summed E-state index contributed by atoms with van der Waals surface area (Å²) in [5, 5.41) is 2.84. The van der Waals surface area contributed by atoms with Gasteiger partial charge in [-0.1, -0.05) is 36.4 Å². The highest BCUT2D eigenvalue weighted by Gasteiger charge is 2.36. The summed E-state index contributed by atoms with van der Waals surface area (Å²) in [7, 11) is 1.12. The van der Waals surface area contributed by atoms with Crippen LogP contribution in [-0.2, 0) is 27.0 Å². The fourth-order valence-corrected chi connectivity index (χ4v) is 2.97. The van der Waals surface area contributed by atoms with Crippen molar-refractivity contribution in [1.82, 2.24) is 5.32 Å². The number of nitrogens with zero attached hydrogens (tertiary/aromatic N) is 1. The molecule has 1 aromatic carbocycles. The molecule has 0 aromatic heterocycles. The molecule has 0 saturated heterocycles. The average Bonchev–Trinajstić information content (AvgIpc) is 2.64. The maximum Gasteiger partial charge on any atom is 0.416 e. The van der Waals surface area contributed by atoms with E-state index in [2.05, 4.69) is 15.0 Å². The molecule has 0 bridgehead atoms. The van der Waals surface area contributed by atoms with Crippen molar-refractivity contribution in [1.29, 1.82) is 0 Å². The van der Waals surface area contributed by atoms with Crippen LogP contribution in [0.4, 0.5) is 13.2 Å². The largest absolute Gasteiger partial charge is 0.465 e. The van der Waals surface area contributed by atoms with E-state index in [0.717, 1.165) is 13.2 Å². The number of benzene rings is 1. The smallest absolute Gasteiger partial charge is 0.416 e. The number of dihydropyridines is 1. The lowest BCUT2D eigenvalue weighted by atomic mass is 9.88. The highest BCUT2D eigenvalue weighted by molar-refractivity contribution is 6.24. The van der Waals surface area contributed by atoms with Gasteiger partial charge in [0, 0.05) is 12.2 Å². The van der Waals surface area contributed by atoms with Crippen molar-refractivity contribution < 1.29 is 27.5 Å². The van der Waals surface area contributed by atoms with Gasteiger partial charge in [0.2, 0.25) is 0 Å². The van der Waals surface area contributed by atoms with Gasteiger partial charge in [-0.2, -0.15) is 13.2 Å². The van der Waals surface area contributed by atoms with Crippen molar-refractivity contribution in [3.8, 4) is 0 Å². The normalized spacial score (nSPS) is 18.9. The number of nitrogens with one attached hydrogen (secondary N) is 1. The summed E-state index contributed by atoms with van der Waals surface area (Å²) in [6, 6.07) is 5.11. The Morgan fingerprint density at radius 1 is 1.26 bits per heavy atom. The molecule has 0 radical (unpaired) electrons. The number of fused-ring (bicyclic) bond motifs is 1. The number of carbonyl (C=O) groups excluding carboxylic acids is 2. The third-order valence-corrected chi connectivity index (χ3v) is 4.21. The molecular formula is C19H15F3N2O3. The second-order valence-corrected chi connectivity index (χ2v) is 5.85. The van der Waals surface area contributed by atoms with Gasteiger partial charge in [0.1, 0.15) is 5.57 Å². The van der Waals surface area contributed by atoms with E-state index >= 15 is 0 Å². The van der Waals surface area contributed by atoms with Gasteiger partial charge >= 0.3 is 12.1 Å². The molecule has 1 aliphatic heterocycles. The SMILES string of the molecule is COC(=O)C1=C(NCc2ccccc2C(F)(F)F)C2C=CC=CC2=NC1=O. The Hall–Kier alpha value is -3.16. The number of esters is 1. The molecule has 1 heterocycles. The number of amides is 1. The molecule has 27 heavy (non-hydrogen) atoms. The van der Waals surface area contributed by atoms with E-state index in [1.54, 1.807) is 24.3 Å². The minimum absolute atomic E-state index is 0.00596. The molecule has 1 unspecified atom stereocenters. The van der Waals surface area contributed by atoms with Crippen molar-refractivity contribution in [3.63, 3.8) is 0 Å². The van der Waals surface area contributed by atoms with Crippen LogP contribution in [0.25, 0.3) is 0 Å². The van der Waals surface area contributed by atoms with Crippen LogP contribution in [-0.4, -0.2) is 24.7 Å². The van der Waals surface area contributed by atoms with E-state index in [4.69, 9.17) is 0 Å². The highest BCUT2D eigenvalue weighted by atomic mass is 19.4. The summed E-state index contributed by atoms with van der Waals surface area (Å²) in [4.78, 5) is 28.2. The Morgan fingerprint density at radius 2 is 2.00 bits per heavy atom. The Morgan fingerprint density at radius 3 is 2.70 bits per heavy atom. The fraction of sp³-hybridized carbons (Fsp3) is 0.211. The summed E-state index contributed by atoms with van der Waals surface area (Å²) in [5.41, 5.74) is -0.520.